The summed E-state index contributed by atoms with van der Waals surface area (Å²) in [6, 6.07) is 10.2. The number of nitrogens with one attached hydrogen (secondary N) is 1. The predicted molar refractivity (Wildman–Crippen MR) is 85.4 cm³/mol. The van der Waals surface area contributed by atoms with E-state index in [1.54, 1.807) is 11.1 Å². The molecule has 1 spiro atoms. The van der Waals surface area contributed by atoms with Crippen LogP contribution in [0.2, 0.25) is 0 Å². The zero-order chi connectivity index (χ0) is 14.1. The largest absolute Gasteiger partial charge is 0.375 e. The molecular weight excluding hydrogens is 258 g/mol. The molecule has 2 aliphatic carbocycles. The molecule has 2 heteroatoms. The van der Waals surface area contributed by atoms with Crippen molar-refractivity contribution in [2.24, 2.45) is 0 Å². The molecule has 1 heterocycles. The summed E-state index contributed by atoms with van der Waals surface area (Å²) in [6.45, 7) is 0.950. The lowest BCUT2D eigenvalue weighted by atomic mass is 9.84. The highest BCUT2D eigenvalue weighted by Gasteiger charge is 2.40. The number of ether oxygens (including phenoxy) is 1. The van der Waals surface area contributed by atoms with E-state index in [1.807, 2.05) is 0 Å². The highest BCUT2D eigenvalue weighted by atomic mass is 16.5. The van der Waals surface area contributed by atoms with Crippen molar-refractivity contribution in [2.75, 3.05) is 6.61 Å². The maximum Gasteiger partial charge on any atom is 0.0697 e. The van der Waals surface area contributed by atoms with E-state index in [-0.39, 0.29) is 5.60 Å². The molecular formula is C19H27NO. The number of rotatable bonds is 2. The molecule has 1 aromatic rings. The van der Waals surface area contributed by atoms with Gasteiger partial charge in [-0.05, 0) is 56.1 Å². The first kappa shape index (κ1) is 13.8. The Morgan fingerprint density at radius 2 is 1.90 bits per heavy atom. The van der Waals surface area contributed by atoms with Gasteiger partial charge in [0, 0.05) is 18.7 Å². The maximum absolute atomic E-state index is 6.18. The Kier molecular flexibility index (Phi) is 3.76. The summed E-state index contributed by atoms with van der Waals surface area (Å²) in [5.74, 6) is 0. The van der Waals surface area contributed by atoms with Crippen LogP contribution in [0.5, 0.6) is 0 Å². The standard InChI is InChI=1S/C19H27NO/c1-2-8-17-15(6-1)7-5-9-18(17)20-16-10-13-21-19(14-16)11-3-4-12-19/h1-2,6,8,16,18,20H,3-5,7,9-14H2. The lowest BCUT2D eigenvalue weighted by Crippen LogP contribution is -2.47. The molecule has 0 aromatic heterocycles. The summed E-state index contributed by atoms with van der Waals surface area (Å²) in [5.41, 5.74) is 3.34. The number of fused-ring (bicyclic) bond motifs is 1. The Bertz CT molecular complexity index is 492. The molecule has 0 radical (unpaired) electrons. The number of aryl methyl sites for hydroxylation is 1. The second-order valence-corrected chi connectivity index (χ2v) is 7.24. The van der Waals surface area contributed by atoms with Crippen molar-refractivity contribution in [2.45, 2.75) is 75.5 Å². The van der Waals surface area contributed by atoms with Gasteiger partial charge in [0.1, 0.15) is 0 Å². The van der Waals surface area contributed by atoms with Crippen molar-refractivity contribution in [1.29, 1.82) is 0 Å². The molecule has 0 amide bonds. The molecule has 2 unspecified atom stereocenters. The Morgan fingerprint density at radius 1 is 1.05 bits per heavy atom. The first-order valence-corrected chi connectivity index (χ1v) is 8.83. The van der Waals surface area contributed by atoms with Gasteiger partial charge in [0.25, 0.3) is 0 Å². The van der Waals surface area contributed by atoms with E-state index >= 15 is 0 Å². The van der Waals surface area contributed by atoms with Crippen LogP contribution in [-0.4, -0.2) is 18.2 Å². The van der Waals surface area contributed by atoms with Crippen molar-refractivity contribution in [3.8, 4) is 0 Å². The summed E-state index contributed by atoms with van der Waals surface area (Å²) >= 11 is 0. The Labute approximate surface area is 128 Å². The van der Waals surface area contributed by atoms with Crippen LogP contribution in [0.4, 0.5) is 0 Å². The molecule has 1 N–H and O–H groups in total. The van der Waals surface area contributed by atoms with Gasteiger partial charge in [0.2, 0.25) is 0 Å². The van der Waals surface area contributed by atoms with E-state index in [4.69, 9.17) is 4.74 Å². The molecule has 2 atom stereocenters. The Hall–Kier alpha value is -0.860. The van der Waals surface area contributed by atoms with E-state index in [9.17, 15) is 0 Å². The Morgan fingerprint density at radius 3 is 2.81 bits per heavy atom. The average molecular weight is 285 g/mol. The van der Waals surface area contributed by atoms with E-state index in [1.165, 1.54) is 57.8 Å². The van der Waals surface area contributed by atoms with Crippen molar-refractivity contribution < 1.29 is 4.74 Å². The highest BCUT2D eigenvalue weighted by Crippen LogP contribution is 2.41. The minimum absolute atomic E-state index is 0.226. The van der Waals surface area contributed by atoms with Crippen LogP contribution in [0.15, 0.2) is 24.3 Å². The van der Waals surface area contributed by atoms with Gasteiger partial charge >= 0.3 is 0 Å². The Balaban J connectivity index is 1.46. The van der Waals surface area contributed by atoms with E-state index in [0.29, 0.717) is 12.1 Å². The predicted octanol–water partition coefficient (Wildman–Crippen LogP) is 4.15. The third-order valence-electron chi connectivity index (χ3n) is 5.81. The molecule has 114 valence electrons. The SMILES string of the molecule is c1ccc2c(c1)CCCC2NC1CCOC2(CCCC2)C1. The van der Waals surface area contributed by atoms with Crippen LogP contribution in [0, 0.1) is 0 Å². The quantitative estimate of drug-likeness (QED) is 0.881. The molecule has 1 aromatic carbocycles. The third kappa shape index (κ3) is 2.76. The topological polar surface area (TPSA) is 21.3 Å². The van der Waals surface area contributed by atoms with Crippen molar-refractivity contribution >= 4 is 0 Å². The molecule has 1 saturated heterocycles. The fraction of sp³-hybridized carbons (Fsp3) is 0.684. The molecule has 21 heavy (non-hydrogen) atoms. The van der Waals surface area contributed by atoms with E-state index in [0.717, 1.165) is 6.61 Å². The molecule has 1 aliphatic heterocycles. The number of hydrogen-bond donors (Lipinski definition) is 1. The van der Waals surface area contributed by atoms with E-state index in [2.05, 4.69) is 29.6 Å². The summed E-state index contributed by atoms with van der Waals surface area (Å²) in [6.07, 6.45) is 11.6. The van der Waals surface area contributed by atoms with Crippen LogP contribution in [-0.2, 0) is 11.2 Å². The third-order valence-corrected chi connectivity index (χ3v) is 5.81. The minimum Gasteiger partial charge on any atom is -0.375 e. The normalized spacial score (nSPS) is 31.2. The highest BCUT2D eigenvalue weighted by molar-refractivity contribution is 5.32. The van der Waals surface area contributed by atoms with Gasteiger partial charge in [-0.2, -0.15) is 0 Å². The van der Waals surface area contributed by atoms with Crippen molar-refractivity contribution in [3.05, 3.63) is 35.4 Å². The monoisotopic (exact) mass is 285 g/mol. The zero-order valence-corrected chi connectivity index (χ0v) is 12.9. The lowest BCUT2D eigenvalue weighted by molar-refractivity contribution is -0.0849. The molecule has 3 aliphatic rings. The summed E-state index contributed by atoms with van der Waals surface area (Å²) in [5, 5.41) is 3.99. The molecule has 1 saturated carbocycles. The summed E-state index contributed by atoms with van der Waals surface area (Å²) < 4.78 is 6.18. The van der Waals surface area contributed by atoms with Crippen molar-refractivity contribution in [3.63, 3.8) is 0 Å². The van der Waals surface area contributed by atoms with Crippen LogP contribution in [0.25, 0.3) is 0 Å². The van der Waals surface area contributed by atoms with Crippen LogP contribution in [0.1, 0.15) is 68.5 Å². The minimum atomic E-state index is 0.226. The average Bonchev–Trinajstić information content (AvgIpc) is 2.95. The molecule has 2 fully saturated rings. The van der Waals surface area contributed by atoms with Gasteiger partial charge in [-0.1, -0.05) is 37.1 Å². The van der Waals surface area contributed by atoms with Gasteiger partial charge in [0.15, 0.2) is 0 Å². The van der Waals surface area contributed by atoms with Gasteiger partial charge < -0.3 is 10.1 Å². The lowest BCUT2D eigenvalue weighted by Gasteiger charge is -2.41. The van der Waals surface area contributed by atoms with Gasteiger partial charge in [-0.15, -0.1) is 0 Å². The first-order valence-electron chi connectivity index (χ1n) is 8.83. The molecule has 4 rings (SSSR count). The second-order valence-electron chi connectivity index (χ2n) is 7.24. The fourth-order valence-corrected chi connectivity index (χ4v) is 4.75. The van der Waals surface area contributed by atoms with Crippen LogP contribution in [0.3, 0.4) is 0 Å². The van der Waals surface area contributed by atoms with Gasteiger partial charge in [-0.25, -0.2) is 0 Å². The molecule has 0 bridgehead atoms. The second kappa shape index (κ2) is 5.73. The molecule has 2 nitrogen and oxygen atoms in total. The first-order chi connectivity index (χ1) is 10.3. The smallest absolute Gasteiger partial charge is 0.0697 e. The fourth-order valence-electron chi connectivity index (χ4n) is 4.75. The van der Waals surface area contributed by atoms with Gasteiger partial charge in [-0.3, -0.25) is 0 Å². The number of hydrogen-bond acceptors (Lipinski definition) is 2. The van der Waals surface area contributed by atoms with Gasteiger partial charge in [0.05, 0.1) is 5.60 Å². The zero-order valence-electron chi connectivity index (χ0n) is 12.9. The van der Waals surface area contributed by atoms with E-state index < -0.39 is 0 Å². The summed E-state index contributed by atoms with van der Waals surface area (Å²) in [4.78, 5) is 0. The summed E-state index contributed by atoms with van der Waals surface area (Å²) in [7, 11) is 0. The number of benzene rings is 1. The van der Waals surface area contributed by atoms with Crippen molar-refractivity contribution in [1.82, 2.24) is 5.32 Å². The van der Waals surface area contributed by atoms with Crippen LogP contribution >= 0.6 is 0 Å². The maximum atomic E-state index is 6.18. The van der Waals surface area contributed by atoms with Crippen LogP contribution < -0.4 is 5.32 Å².